The first-order valence-corrected chi connectivity index (χ1v) is 10.5. The van der Waals surface area contributed by atoms with E-state index in [9.17, 15) is 13.2 Å². The number of sulfonamides is 1. The SMILES string of the molecule is CN(C)CCOc1ccc(C=CC(=O)Nc2cccc(S(=O)(=O)N(C)C)c2)cc1. The van der Waals surface area contributed by atoms with Gasteiger partial charge in [-0.15, -0.1) is 0 Å². The van der Waals surface area contributed by atoms with E-state index in [1.165, 1.54) is 32.3 Å². The molecule has 0 saturated heterocycles. The molecule has 0 radical (unpaired) electrons. The molecule has 0 saturated carbocycles. The fourth-order valence-electron chi connectivity index (χ4n) is 2.32. The molecule has 0 spiro atoms. The van der Waals surface area contributed by atoms with Gasteiger partial charge in [0.2, 0.25) is 15.9 Å². The van der Waals surface area contributed by atoms with E-state index in [0.717, 1.165) is 22.2 Å². The van der Waals surface area contributed by atoms with Crippen LogP contribution < -0.4 is 10.1 Å². The van der Waals surface area contributed by atoms with Crippen LogP contribution in [0.15, 0.2) is 59.5 Å². The first-order valence-electron chi connectivity index (χ1n) is 9.08. The van der Waals surface area contributed by atoms with Gasteiger partial charge in [-0.3, -0.25) is 4.79 Å². The van der Waals surface area contributed by atoms with E-state index in [-0.39, 0.29) is 10.8 Å². The molecule has 0 aliphatic rings. The molecule has 7 nitrogen and oxygen atoms in total. The quantitative estimate of drug-likeness (QED) is 0.635. The van der Waals surface area contributed by atoms with Gasteiger partial charge in [0.25, 0.3) is 0 Å². The zero-order valence-corrected chi connectivity index (χ0v) is 17.9. The smallest absolute Gasteiger partial charge is 0.248 e. The lowest BCUT2D eigenvalue weighted by Gasteiger charge is -2.12. The normalized spacial score (nSPS) is 11.9. The largest absolute Gasteiger partial charge is 0.492 e. The summed E-state index contributed by atoms with van der Waals surface area (Å²) in [6.45, 7) is 1.44. The van der Waals surface area contributed by atoms with Crippen molar-refractivity contribution >= 4 is 27.7 Å². The minimum atomic E-state index is -3.56. The molecule has 1 amide bonds. The molecular formula is C21H27N3O4S. The Morgan fingerprint density at radius 3 is 2.38 bits per heavy atom. The van der Waals surface area contributed by atoms with Crippen molar-refractivity contribution in [3.8, 4) is 5.75 Å². The number of rotatable bonds is 9. The van der Waals surface area contributed by atoms with Gasteiger partial charge in [0, 0.05) is 32.4 Å². The second kappa shape index (κ2) is 10.2. The first kappa shape index (κ1) is 22.6. The summed E-state index contributed by atoms with van der Waals surface area (Å²) in [5.74, 6) is 0.420. The number of ether oxygens (including phenoxy) is 1. The number of carbonyl (C=O) groups is 1. The molecule has 0 aliphatic carbocycles. The third-order valence-electron chi connectivity index (χ3n) is 3.99. The maximum absolute atomic E-state index is 12.2. The average Bonchev–Trinajstić information content (AvgIpc) is 2.67. The van der Waals surface area contributed by atoms with Crippen molar-refractivity contribution in [2.24, 2.45) is 0 Å². The van der Waals surface area contributed by atoms with Crippen molar-refractivity contribution in [2.75, 3.05) is 46.7 Å². The summed E-state index contributed by atoms with van der Waals surface area (Å²) < 4.78 is 31.1. The molecule has 0 bridgehead atoms. The topological polar surface area (TPSA) is 79.0 Å². The molecule has 0 aliphatic heterocycles. The predicted octanol–water partition coefficient (Wildman–Crippen LogP) is 2.53. The molecule has 0 aromatic heterocycles. The highest BCUT2D eigenvalue weighted by atomic mass is 32.2. The van der Waals surface area contributed by atoms with E-state index >= 15 is 0 Å². The summed E-state index contributed by atoms with van der Waals surface area (Å²) in [5.41, 5.74) is 1.26. The zero-order valence-electron chi connectivity index (χ0n) is 17.1. The summed E-state index contributed by atoms with van der Waals surface area (Å²) in [6.07, 6.45) is 3.08. The second-order valence-electron chi connectivity index (χ2n) is 6.86. The van der Waals surface area contributed by atoms with E-state index in [1.54, 1.807) is 18.2 Å². The van der Waals surface area contributed by atoms with Crippen LogP contribution in [-0.4, -0.2) is 64.9 Å². The molecule has 1 N–H and O–H groups in total. The Hall–Kier alpha value is -2.68. The van der Waals surface area contributed by atoms with Gasteiger partial charge in [0.15, 0.2) is 0 Å². The number of amides is 1. The van der Waals surface area contributed by atoms with Gasteiger partial charge in [-0.05, 0) is 56.1 Å². The summed E-state index contributed by atoms with van der Waals surface area (Å²) >= 11 is 0. The molecular weight excluding hydrogens is 390 g/mol. The number of carbonyl (C=O) groups excluding carboxylic acids is 1. The lowest BCUT2D eigenvalue weighted by atomic mass is 10.2. The number of nitrogens with one attached hydrogen (secondary N) is 1. The number of nitrogens with zero attached hydrogens (tertiary/aromatic N) is 2. The van der Waals surface area contributed by atoms with Crippen LogP contribution in [0.3, 0.4) is 0 Å². The summed E-state index contributed by atoms with van der Waals surface area (Å²) in [5, 5.41) is 2.68. The highest BCUT2D eigenvalue weighted by molar-refractivity contribution is 7.89. The maximum atomic E-state index is 12.2. The van der Waals surface area contributed by atoms with Crippen molar-refractivity contribution in [1.82, 2.24) is 9.21 Å². The van der Waals surface area contributed by atoms with E-state index in [2.05, 4.69) is 5.32 Å². The van der Waals surface area contributed by atoms with Crippen LogP contribution in [0.1, 0.15) is 5.56 Å². The lowest BCUT2D eigenvalue weighted by Crippen LogP contribution is -2.22. The molecule has 2 aromatic rings. The Morgan fingerprint density at radius 1 is 1.07 bits per heavy atom. The molecule has 156 valence electrons. The highest BCUT2D eigenvalue weighted by Gasteiger charge is 2.17. The Bertz CT molecular complexity index is 952. The van der Waals surface area contributed by atoms with E-state index < -0.39 is 10.0 Å². The van der Waals surface area contributed by atoms with Crippen LogP contribution in [0.5, 0.6) is 5.75 Å². The van der Waals surface area contributed by atoms with Crippen LogP contribution in [0, 0.1) is 0 Å². The minimum Gasteiger partial charge on any atom is -0.492 e. The van der Waals surface area contributed by atoms with Crippen molar-refractivity contribution in [3.05, 3.63) is 60.2 Å². The van der Waals surface area contributed by atoms with Crippen molar-refractivity contribution < 1.29 is 17.9 Å². The molecule has 0 atom stereocenters. The van der Waals surface area contributed by atoms with Crippen LogP contribution in [0.4, 0.5) is 5.69 Å². The Kier molecular flexibility index (Phi) is 7.95. The third kappa shape index (κ3) is 7.01. The van der Waals surface area contributed by atoms with Gasteiger partial charge in [-0.2, -0.15) is 0 Å². The van der Waals surface area contributed by atoms with Gasteiger partial charge >= 0.3 is 0 Å². The van der Waals surface area contributed by atoms with Gasteiger partial charge < -0.3 is 15.0 Å². The third-order valence-corrected chi connectivity index (χ3v) is 5.81. The standard InChI is InChI=1S/C21H27N3O4S/c1-23(2)14-15-28-19-11-8-17(9-12-19)10-13-21(25)22-18-6-5-7-20(16-18)29(26,27)24(3)4/h5-13,16H,14-15H2,1-4H3,(H,22,25). The summed E-state index contributed by atoms with van der Waals surface area (Å²) in [7, 11) is 3.34. The van der Waals surface area contributed by atoms with Gasteiger partial charge in [0.05, 0.1) is 4.90 Å². The van der Waals surface area contributed by atoms with E-state index in [1.807, 2.05) is 43.3 Å². The fourth-order valence-corrected chi connectivity index (χ4v) is 3.27. The lowest BCUT2D eigenvalue weighted by molar-refractivity contribution is -0.111. The van der Waals surface area contributed by atoms with Gasteiger partial charge in [-0.25, -0.2) is 12.7 Å². The minimum absolute atomic E-state index is 0.120. The number of likely N-dealkylation sites (N-methyl/N-ethyl adjacent to an activating group) is 1. The molecule has 0 heterocycles. The molecule has 0 fully saturated rings. The molecule has 29 heavy (non-hydrogen) atoms. The van der Waals surface area contributed by atoms with Gasteiger partial charge in [-0.1, -0.05) is 18.2 Å². The average molecular weight is 418 g/mol. The van der Waals surface area contributed by atoms with Crippen molar-refractivity contribution in [1.29, 1.82) is 0 Å². The Labute approximate surface area is 172 Å². The second-order valence-corrected chi connectivity index (χ2v) is 9.01. The fraction of sp³-hybridized carbons (Fsp3) is 0.286. The monoisotopic (exact) mass is 417 g/mol. The van der Waals surface area contributed by atoms with Crippen LogP contribution in [-0.2, 0) is 14.8 Å². The predicted molar refractivity (Wildman–Crippen MR) is 115 cm³/mol. The molecule has 8 heteroatoms. The Balaban J connectivity index is 1.96. The van der Waals surface area contributed by atoms with Crippen LogP contribution in [0.25, 0.3) is 6.08 Å². The Morgan fingerprint density at radius 2 is 1.76 bits per heavy atom. The highest BCUT2D eigenvalue weighted by Crippen LogP contribution is 2.18. The van der Waals surface area contributed by atoms with E-state index in [0.29, 0.717) is 12.3 Å². The number of hydrogen-bond acceptors (Lipinski definition) is 5. The number of benzene rings is 2. The summed E-state index contributed by atoms with van der Waals surface area (Å²) in [6, 6.07) is 13.6. The van der Waals surface area contributed by atoms with Gasteiger partial charge in [0.1, 0.15) is 12.4 Å². The van der Waals surface area contributed by atoms with Crippen LogP contribution >= 0.6 is 0 Å². The molecule has 2 aromatic carbocycles. The first-order chi connectivity index (χ1) is 13.7. The number of hydrogen-bond donors (Lipinski definition) is 1. The summed E-state index contributed by atoms with van der Waals surface area (Å²) in [4.78, 5) is 14.3. The maximum Gasteiger partial charge on any atom is 0.248 e. The van der Waals surface area contributed by atoms with Crippen LogP contribution in [0.2, 0.25) is 0 Å². The molecule has 2 rings (SSSR count). The number of anilines is 1. The van der Waals surface area contributed by atoms with E-state index in [4.69, 9.17) is 4.74 Å². The zero-order chi connectivity index (χ0) is 21.4. The van der Waals surface area contributed by atoms with Crippen molar-refractivity contribution in [2.45, 2.75) is 4.90 Å². The molecule has 0 unspecified atom stereocenters. The van der Waals surface area contributed by atoms with Crippen molar-refractivity contribution in [3.63, 3.8) is 0 Å².